The van der Waals surface area contributed by atoms with Gasteiger partial charge in [-0.15, -0.1) is 0 Å². The highest BCUT2D eigenvalue weighted by atomic mass is 19.1. The molecular formula is C26H25F2N7O3. The van der Waals surface area contributed by atoms with E-state index < -0.39 is 11.6 Å². The van der Waals surface area contributed by atoms with Crippen molar-refractivity contribution in [2.24, 2.45) is 7.05 Å². The van der Waals surface area contributed by atoms with Crippen molar-refractivity contribution in [3.63, 3.8) is 0 Å². The number of nitrogens with one attached hydrogen (secondary N) is 1. The maximum Gasteiger partial charge on any atom is 0.246 e. The summed E-state index contributed by atoms with van der Waals surface area (Å²) in [4.78, 5) is 28.0. The van der Waals surface area contributed by atoms with Gasteiger partial charge in [-0.2, -0.15) is 5.10 Å². The lowest BCUT2D eigenvalue weighted by Gasteiger charge is -2.33. The minimum Gasteiger partial charge on any atom is -0.487 e. The second-order valence-electron chi connectivity index (χ2n) is 9.38. The van der Waals surface area contributed by atoms with Crippen molar-refractivity contribution in [1.82, 2.24) is 30.0 Å². The molecule has 5 heterocycles. The third-order valence-electron chi connectivity index (χ3n) is 6.69. The quantitative estimate of drug-likeness (QED) is 0.427. The number of anilines is 1. The lowest BCUT2D eigenvalue weighted by Crippen LogP contribution is -2.39. The molecule has 0 radical (unpaired) electrons. The number of halogens is 2. The summed E-state index contributed by atoms with van der Waals surface area (Å²) in [5.74, 6) is -0.752. The number of aromatic nitrogens is 5. The van der Waals surface area contributed by atoms with E-state index in [4.69, 9.17) is 19.4 Å². The van der Waals surface area contributed by atoms with Crippen LogP contribution in [0.25, 0.3) is 22.3 Å². The maximum atomic E-state index is 14.1. The molecule has 1 atom stereocenters. The number of carbonyl (C=O) groups excluding carboxylic acids is 1. The lowest BCUT2D eigenvalue weighted by atomic mass is 10.1. The number of amides is 1. The van der Waals surface area contributed by atoms with Crippen LogP contribution in [0.15, 0.2) is 42.9 Å². The Balaban J connectivity index is 1.28. The average molecular weight is 522 g/mol. The first-order chi connectivity index (χ1) is 18.4. The Labute approximate surface area is 216 Å². The number of pyridine rings is 1. The van der Waals surface area contributed by atoms with Gasteiger partial charge in [0.05, 0.1) is 23.6 Å². The SMILES string of the molecule is Cn1cc(-c2nc3cnc(C4CNC(=O)CO4)cc3nc2N2CCC(Oc3ccc(F)cc3F)CC2)cn1. The van der Waals surface area contributed by atoms with Crippen molar-refractivity contribution in [3.8, 4) is 17.0 Å². The van der Waals surface area contributed by atoms with Gasteiger partial charge >= 0.3 is 0 Å². The van der Waals surface area contributed by atoms with E-state index in [1.165, 1.54) is 12.1 Å². The van der Waals surface area contributed by atoms with Gasteiger partial charge in [0.15, 0.2) is 17.4 Å². The molecule has 4 aromatic rings. The molecule has 2 saturated heterocycles. The van der Waals surface area contributed by atoms with E-state index in [0.29, 0.717) is 60.7 Å². The van der Waals surface area contributed by atoms with Crippen LogP contribution < -0.4 is 15.0 Å². The molecule has 0 aliphatic carbocycles. The van der Waals surface area contributed by atoms with Crippen molar-refractivity contribution >= 4 is 22.8 Å². The number of hydrogen-bond acceptors (Lipinski definition) is 8. The molecule has 0 bridgehead atoms. The summed E-state index contributed by atoms with van der Waals surface area (Å²) in [7, 11) is 1.84. The van der Waals surface area contributed by atoms with Gasteiger partial charge in [-0.05, 0) is 18.2 Å². The van der Waals surface area contributed by atoms with Gasteiger partial charge in [0.25, 0.3) is 0 Å². The zero-order chi connectivity index (χ0) is 26.2. The van der Waals surface area contributed by atoms with Crippen LogP contribution in [0.1, 0.15) is 24.6 Å². The van der Waals surface area contributed by atoms with Crippen molar-refractivity contribution in [1.29, 1.82) is 0 Å². The van der Waals surface area contributed by atoms with Crippen LogP contribution in [0.5, 0.6) is 5.75 Å². The molecule has 6 rings (SSSR count). The van der Waals surface area contributed by atoms with Crippen molar-refractivity contribution < 1.29 is 23.0 Å². The van der Waals surface area contributed by atoms with Crippen LogP contribution in [0.3, 0.4) is 0 Å². The molecule has 1 amide bonds. The largest absolute Gasteiger partial charge is 0.487 e. The maximum absolute atomic E-state index is 14.1. The predicted molar refractivity (Wildman–Crippen MR) is 133 cm³/mol. The Hall–Kier alpha value is -4.19. The molecule has 1 unspecified atom stereocenters. The molecule has 3 aromatic heterocycles. The number of rotatable bonds is 5. The van der Waals surface area contributed by atoms with Crippen LogP contribution in [0.2, 0.25) is 0 Å². The molecule has 38 heavy (non-hydrogen) atoms. The standard InChI is InChI=1S/C26H25F2N7O3/c1-34-13-15(10-31-34)25-26(35-6-4-17(5-7-35)38-22-3-2-16(27)8-18(22)28)33-19-9-20(29-11-21(19)32-25)23-12-30-24(36)14-37-23/h2-3,8-11,13,17,23H,4-7,12,14H2,1H3,(H,30,36). The zero-order valence-corrected chi connectivity index (χ0v) is 20.6. The van der Waals surface area contributed by atoms with E-state index in [-0.39, 0.29) is 30.5 Å². The second kappa shape index (κ2) is 9.93. The first kappa shape index (κ1) is 24.2. The van der Waals surface area contributed by atoms with Crippen molar-refractivity contribution in [3.05, 3.63) is 60.2 Å². The van der Waals surface area contributed by atoms with Gasteiger partial charge in [0.2, 0.25) is 5.91 Å². The Morgan fingerprint density at radius 2 is 1.95 bits per heavy atom. The highest BCUT2D eigenvalue weighted by molar-refractivity contribution is 5.83. The van der Waals surface area contributed by atoms with Crippen molar-refractivity contribution in [2.45, 2.75) is 25.0 Å². The van der Waals surface area contributed by atoms with E-state index in [2.05, 4.69) is 20.3 Å². The van der Waals surface area contributed by atoms with Gasteiger partial charge in [0, 0.05) is 57.4 Å². The summed E-state index contributed by atoms with van der Waals surface area (Å²) in [5.41, 5.74) is 3.46. The molecule has 2 fully saturated rings. The summed E-state index contributed by atoms with van der Waals surface area (Å²) < 4.78 is 40.5. The van der Waals surface area contributed by atoms with Gasteiger partial charge in [-0.25, -0.2) is 18.7 Å². The van der Waals surface area contributed by atoms with Crippen LogP contribution in [0, 0.1) is 11.6 Å². The average Bonchev–Trinajstić information content (AvgIpc) is 3.36. The van der Waals surface area contributed by atoms with E-state index in [0.717, 1.165) is 11.6 Å². The summed E-state index contributed by atoms with van der Waals surface area (Å²) in [6, 6.07) is 5.17. The fourth-order valence-corrected chi connectivity index (χ4v) is 4.72. The van der Waals surface area contributed by atoms with Gasteiger partial charge in [0.1, 0.15) is 35.8 Å². The number of aryl methyl sites for hydroxylation is 1. The molecule has 196 valence electrons. The molecule has 0 spiro atoms. The van der Waals surface area contributed by atoms with Gasteiger partial charge in [-0.3, -0.25) is 14.5 Å². The number of ether oxygens (including phenoxy) is 2. The number of fused-ring (bicyclic) bond motifs is 1. The molecule has 10 nitrogen and oxygen atoms in total. The highest BCUT2D eigenvalue weighted by Gasteiger charge is 2.27. The third-order valence-corrected chi connectivity index (χ3v) is 6.69. The summed E-state index contributed by atoms with van der Waals surface area (Å²) in [6.45, 7) is 1.54. The summed E-state index contributed by atoms with van der Waals surface area (Å²) in [5, 5.41) is 7.09. The Morgan fingerprint density at radius 1 is 1.11 bits per heavy atom. The number of carbonyl (C=O) groups is 1. The topological polar surface area (TPSA) is 107 Å². The monoisotopic (exact) mass is 521 g/mol. The summed E-state index contributed by atoms with van der Waals surface area (Å²) >= 11 is 0. The van der Waals surface area contributed by atoms with Gasteiger partial charge < -0.3 is 19.7 Å². The Bertz CT molecular complexity index is 1490. The highest BCUT2D eigenvalue weighted by Crippen LogP contribution is 2.33. The van der Waals surface area contributed by atoms with Crippen LogP contribution in [-0.4, -0.2) is 63.0 Å². The molecule has 2 aliphatic rings. The number of morpholine rings is 1. The zero-order valence-electron chi connectivity index (χ0n) is 20.6. The fraction of sp³-hybridized carbons (Fsp3) is 0.346. The molecule has 12 heteroatoms. The van der Waals surface area contributed by atoms with E-state index in [9.17, 15) is 13.6 Å². The predicted octanol–water partition coefficient (Wildman–Crippen LogP) is 2.94. The normalized spacial score (nSPS) is 18.6. The van der Waals surface area contributed by atoms with E-state index in [1.54, 1.807) is 17.1 Å². The number of piperidine rings is 1. The molecule has 2 aliphatic heterocycles. The van der Waals surface area contributed by atoms with E-state index >= 15 is 0 Å². The molecule has 1 N–H and O–H groups in total. The van der Waals surface area contributed by atoms with Crippen LogP contribution >= 0.6 is 0 Å². The number of nitrogens with zero attached hydrogens (tertiary/aromatic N) is 6. The number of benzene rings is 1. The van der Waals surface area contributed by atoms with Crippen molar-refractivity contribution in [2.75, 3.05) is 31.1 Å². The smallest absolute Gasteiger partial charge is 0.246 e. The molecule has 0 saturated carbocycles. The molecule has 1 aromatic carbocycles. The first-order valence-electron chi connectivity index (χ1n) is 12.3. The van der Waals surface area contributed by atoms with Crippen LogP contribution in [0.4, 0.5) is 14.6 Å². The van der Waals surface area contributed by atoms with E-state index in [1.807, 2.05) is 19.3 Å². The van der Waals surface area contributed by atoms with Gasteiger partial charge in [-0.1, -0.05) is 0 Å². The fourth-order valence-electron chi connectivity index (χ4n) is 4.72. The summed E-state index contributed by atoms with van der Waals surface area (Å²) in [6.07, 6.45) is 5.97. The Morgan fingerprint density at radius 3 is 2.66 bits per heavy atom. The minimum absolute atomic E-state index is 0.0138. The number of hydrogen-bond donors (Lipinski definition) is 1. The lowest BCUT2D eigenvalue weighted by molar-refractivity contribution is -0.133. The third kappa shape index (κ3) is 4.86. The first-order valence-corrected chi connectivity index (χ1v) is 12.3. The Kier molecular flexibility index (Phi) is 6.32. The minimum atomic E-state index is -0.711. The van der Waals surface area contributed by atoms with Crippen LogP contribution in [-0.2, 0) is 16.6 Å². The molecular weight excluding hydrogens is 496 g/mol. The second-order valence-corrected chi connectivity index (χ2v) is 9.38.